The standard InChI is InChI=1S/C6H6BClO4S/c1-12-6(9)4-2-3(7(10)11)5(8)13-4/h2,10-11H,1H3. The van der Waals surface area contributed by atoms with Crippen molar-refractivity contribution < 1.29 is 19.6 Å². The molecule has 1 aromatic rings. The van der Waals surface area contributed by atoms with E-state index in [0.29, 0.717) is 0 Å². The first kappa shape index (κ1) is 10.5. The highest BCUT2D eigenvalue weighted by Crippen LogP contribution is 2.20. The number of thiophene rings is 1. The van der Waals surface area contributed by atoms with Gasteiger partial charge in [-0.15, -0.1) is 11.3 Å². The third kappa shape index (κ3) is 2.22. The predicted molar refractivity (Wildman–Crippen MR) is 50.5 cm³/mol. The van der Waals surface area contributed by atoms with Crippen LogP contribution in [0.25, 0.3) is 0 Å². The van der Waals surface area contributed by atoms with Crippen molar-refractivity contribution in [3.63, 3.8) is 0 Å². The summed E-state index contributed by atoms with van der Waals surface area (Å²) in [6.45, 7) is 0. The Morgan fingerprint density at radius 2 is 2.31 bits per heavy atom. The van der Waals surface area contributed by atoms with Crippen LogP contribution in [0.4, 0.5) is 0 Å². The second kappa shape index (κ2) is 4.10. The summed E-state index contributed by atoms with van der Waals surface area (Å²) in [5, 5.41) is 17.6. The molecule has 4 nitrogen and oxygen atoms in total. The molecule has 13 heavy (non-hydrogen) atoms. The molecule has 0 aliphatic heterocycles. The van der Waals surface area contributed by atoms with Crippen molar-refractivity contribution in [2.75, 3.05) is 7.11 Å². The van der Waals surface area contributed by atoms with E-state index in [-0.39, 0.29) is 14.7 Å². The van der Waals surface area contributed by atoms with E-state index < -0.39 is 13.1 Å². The van der Waals surface area contributed by atoms with Crippen LogP contribution in [0.5, 0.6) is 0 Å². The summed E-state index contributed by atoms with van der Waals surface area (Å²) in [5.41, 5.74) is 0.118. The Morgan fingerprint density at radius 3 is 2.69 bits per heavy atom. The van der Waals surface area contributed by atoms with E-state index in [1.165, 1.54) is 13.2 Å². The van der Waals surface area contributed by atoms with Crippen LogP contribution in [0.3, 0.4) is 0 Å². The Bertz CT molecular complexity index is 324. The maximum absolute atomic E-state index is 11.0. The molecule has 1 heterocycles. The largest absolute Gasteiger partial charge is 0.490 e. The fraction of sp³-hybridized carbons (Fsp3) is 0.167. The van der Waals surface area contributed by atoms with Gasteiger partial charge in [-0.3, -0.25) is 0 Å². The number of methoxy groups -OCH3 is 1. The smallest absolute Gasteiger partial charge is 0.465 e. The summed E-state index contributed by atoms with van der Waals surface area (Å²) in [5.74, 6) is -0.543. The van der Waals surface area contributed by atoms with Crippen molar-refractivity contribution in [2.24, 2.45) is 0 Å². The van der Waals surface area contributed by atoms with Crippen LogP contribution in [0.15, 0.2) is 6.07 Å². The summed E-state index contributed by atoms with van der Waals surface area (Å²) < 4.78 is 4.61. The van der Waals surface area contributed by atoms with Crippen LogP contribution in [-0.4, -0.2) is 30.2 Å². The van der Waals surface area contributed by atoms with E-state index in [9.17, 15) is 4.79 Å². The lowest BCUT2D eigenvalue weighted by molar-refractivity contribution is 0.0606. The van der Waals surface area contributed by atoms with Crippen LogP contribution in [0.1, 0.15) is 9.67 Å². The van der Waals surface area contributed by atoms with E-state index in [1.807, 2.05) is 0 Å². The minimum atomic E-state index is -1.66. The van der Waals surface area contributed by atoms with Gasteiger partial charge in [-0.05, 0) is 6.07 Å². The number of rotatable bonds is 2. The summed E-state index contributed by atoms with van der Waals surface area (Å²) in [6, 6.07) is 1.30. The molecule has 0 saturated heterocycles. The zero-order valence-electron chi connectivity index (χ0n) is 6.65. The Labute approximate surface area is 83.9 Å². The van der Waals surface area contributed by atoms with E-state index >= 15 is 0 Å². The van der Waals surface area contributed by atoms with E-state index in [2.05, 4.69) is 4.74 Å². The number of carbonyl (C=O) groups is 1. The number of hydrogen-bond donors (Lipinski definition) is 2. The molecule has 0 radical (unpaired) electrons. The maximum atomic E-state index is 11.0. The molecule has 0 bridgehead atoms. The first-order chi connectivity index (χ1) is 6.06. The van der Waals surface area contributed by atoms with Crippen LogP contribution in [0.2, 0.25) is 4.34 Å². The Balaban J connectivity index is 3.02. The average Bonchev–Trinajstić information content (AvgIpc) is 2.46. The molecule has 0 aromatic carbocycles. The summed E-state index contributed by atoms with van der Waals surface area (Å²) in [6.07, 6.45) is 0. The van der Waals surface area contributed by atoms with Gasteiger partial charge in [-0.1, -0.05) is 11.6 Å². The third-order valence-corrected chi connectivity index (χ3v) is 2.75. The second-order valence-electron chi connectivity index (χ2n) is 2.20. The van der Waals surface area contributed by atoms with Crippen molar-refractivity contribution in [1.82, 2.24) is 0 Å². The molecule has 7 heteroatoms. The Morgan fingerprint density at radius 1 is 1.69 bits per heavy atom. The van der Waals surface area contributed by atoms with E-state index in [1.54, 1.807) is 0 Å². The predicted octanol–water partition coefficient (Wildman–Crippen LogP) is -0.132. The van der Waals surface area contributed by atoms with Gasteiger partial charge in [-0.25, -0.2) is 4.79 Å². The van der Waals surface area contributed by atoms with Gasteiger partial charge in [0.05, 0.1) is 11.4 Å². The lowest BCUT2D eigenvalue weighted by Gasteiger charge is -1.92. The van der Waals surface area contributed by atoms with Gasteiger partial charge in [0, 0.05) is 5.46 Å². The number of halogens is 1. The lowest BCUT2D eigenvalue weighted by Crippen LogP contribution is -2.29. The summed E-state index contributed by atoms with van der Waals surface area (Å²) in [4.78, 5) is 11.2. The number of esters is 1. The molecule has 0 saturated carbocycles. The summed E-state index contributed by atoms with van der Waals surface area (Å²) in [7, 11) is -0.424. The number of ether oxygens (including phenoxy) is 1. The fourth-order valence-electron chi connectivity index (χ4n) is 0.760. The first-order valence-electron chi connectivity index (χ1n) is 3.30. The molecular weight excluding hydrogens is 214 g/mol. The molecule has 0 atom stereocenters. The van der Waals surface area contributed by atoms with Crippen molar-refractivity contribution in [1.29, 1.82) is 0 Å². The lowest BCUT2D eigenvalue weighted by atomic mass is 9.82. The van der Waals surface area contributed by atoms with Gasteiger partial charge in [0.1, 0.15) is 4.88 Å². The molecule has 0 unspecified atom stereocenters. The van der Waals surface area contributed by atoms with Gasteiger partial charge in [-0.2, -0.15) is 0 Å². The third-order valence-electron chi connectivity index (χ3n) is 1.38. The second-order valence-corrected chi connectivity index (χ2v) is 3.86. The minimum absolute atomic E-state index is 0.118. The van der Waals surface area contributed by atoms with Crippen molar-refractivity contribution in [3.05, 3.63) is 15.3 Å². The SMILES string of the molecule is COC(=O)c1cc(B(O)O)c(Cl)s1. The summed E-state index contributed by atoms with van der Waals surface area (Å²) >= 11 is 6.58. The molecule has 70 valence electrons. The molecule has 0 aliphatic rings. The zero-order chi connectivity index (χ0) is 10.0. The van der Waals surface area contributed by atoms with Gasteiger partial charge < -0.3 is 14.8 Å². The zero-order valence-corrected chi connectivity index (χ0v) is 8.22. The van der Waals surface area contributed by atoms with Crippen LogP contribution in [-0.2, 0) is 4.74 Å². The van der Waals surface area contributed by atoms with Gasteiger partial charge in [0.2, 0.25) is 0 Å². The molecule has 0 spiro atoms. The monoisotopic (exact) mass is 220 g/mol. The molecule has 0 fully saturated rings. The first-order valence-corrected chi connectivity index (χ1v) is 4.49. The topological polar surface area (TPSA) is 66.8 Å². The quantitative estimate of drug-likeness (QED) is 0.538. The Hall–Kier alpha value is -0.555. The number of carbonyl (C=O) groups excluding carboxylic acids is 1. The highest BCUT2D eigenvalue weighted by atomic mass is 35.5. The van der Waals surface area contributed by atoms with Gasteiger partial charge in [0.25, 0.3) is 0 Å². The van der Waals surface area contributed by atoms with Gasteiger partial charge in [0.15, 0.2) is 0 Å². The molecule has 1 rings (SSSR count). The van der Waals surface area contributed by atoms with Crippen molar-refractivity contribution >= 4 is 41.5 Å². The molecule has 1 aromatic heterocycles. The van der Waals surface area contributed by atoms with Gasteiger partial charge >= 0.3 is 13.1 Å². The van der Waals surface area contributed by atoms with Crippen LogP contribution in [0, 0.1) is 0 Å². The molecular formula is C6H6BClO4S. The van der Waals surface area contributed by atoms with Crippen LogP contribution < -0.4 is 5.46 Å². The normalized spacial score (nSPS) is 9.85. The van der Waals surface area contributed by atoms with Crippen molar-refractivity contribution in [3.8, 4) is 0 Å². The molecule has 0 amide bonds. The highest BCUT2D eigenvalue weighted by molar-refractivity contribution is 7.19. The average molecular weight is 220 g/mol. The van der Waals surface area contributed by atoms with E-state index in [4.69, 9.17) is 21.6 Å². The maximum Gasteiger partial charge on any atom is 0.490 e. The Kier molecular flexibility index (Phi) is 3.32. The fourth-order valence-corrected chi connectivity index (χ4v) is 1.99. The minimum Gasteiger partial charge on any atom is -0.465 e. The van der Waals surface area contributed by atoms with Crippen LogP contribution >= 0.6 is 22.9 Å². The van der Waals surface area contributed by atoms with E-state index in [0.717, 1.165) is 11.3 Å². The number of hydrogen-bond acceptors (Lipinski definition) is 5. The highest BCUT2D eigenvalue weighted by Gasteiger charge is 2.21. The van der Waals surface area contributed by atoms with Crippen molar-refractivity contribution in [2.45, 2.75) is 0 Å². The molecule has 2 N–H and O–H groups in total. The molecule has 0 aliphatic carbocycles.